The van der Waals surface area contributed by atoms with Gasteiger partial charge in [0.15, 0.2) is 12.4 Å². The second-order valence-corrected chi connectivity index (χ2v) is 15.4. The highest BCUT2D eigenvalue weighted by molar-refractivity contribution is 14.0. The van der Waals surface area contributed by atoms with E-state index in [1.807, 2.05) is 50.0 Å². The highest BCUT2D eigenvalue weighted by Crippen LogP contribution is 2.67. The Labute approximate surface area is 292 Å². The molecule has 1 aliphatic heterocycles. The Kier molecular flexibility index (Phi) is 9.33. The van der Waals surface area contributed by atoms with Crippen LogP contribution in [-0.2, 0) is 26.1 Å². The number of fused-ring (bicyclic) bond motifs is 4. The number of esters is 2. The van der Waals surface area contributed by atoms with Crippen LogP contribution in [0.2, 0.25) is 0 Å². The lowest BCUT2D eigenvalue weighted by molar-refractivity contribution is -0.671. The van der Waals surface area contributed by atoms with Crippen LogP contribution in [0, 0.1) is 33.5 Å². The first-order valence-corrected chi connectivity index (χ1v) is 15.7. The van der Waals surface area contributed by atoms with Crippen LogP contribution in [0.1, 0.15) is 105 Å². The average molecular weight is 817 g/mol. The molecule has 4 bridgehead atoms. The van der Waals surface area contributed by atoms with Gasteiger partial charge in [-0.2, -0.15) is 0 Å². The fourth-order valence-electron chi connectivity index (χ4n) is 9.58. The number of halogens is 2. The maximum Gasteiger partial charge on any atom is 0.337 e. The van der Waals surface area contributed by atoms with Crippen LogP contribution in [0.25, 0.3) is 0 Å². The van der Waals surface area contributed by atoms with E-state index in [0.717, 1.165) is 42.6 Å². The summed E-state index contributed by atoms with van der Waals surface area (Å²) >= 11 is 0. The number of carbonyl (C=O) groups excluding carboxylic acids is 2. The lowest BCUT2D eigenvalue weighted by Gasteiger charge is -2.40. The minimum Gasteiger partial charge on any atom is -1.00 e. The normalized spacial score (nSPS) is 36.5. The summed E-state index contributed by atoms with van der Waals surface area (Å²) in [6.07, 6.45) is 10.0. The molecule has 238 valence electrons. The number of aryl methyl sites for hydroxylation is 1. The smallest absolute Gasteiger partial charge is 0.337 e. The van der Waals surface area contributed by atoms with Gasteiger partial charge >= 0.3 is 11.9 Å². The van der Waals surface area contributed by atoms with Gasteiger partial charge in [0, 0.05) is 34.4 Å². The number of hydrogen-bond acceptors (Lipinski definition) is 5. The number of pyridine rings is 1. The van der Waals surface area contributed by atoms with Gasteiger partial charge in [-0.3, -0.25) is 0 Å². The number of allylic oxidation sites excluding steroid dienone is 2. The van der Waals surface area contributed by atoms with Crippen LogP contribution < -0.4 is 33.9 Å². The molecule has 4 saturated carbocycles. The summed E-state index contributed by atoms with van der Waals surface area (Å²) in [7, 11) is 1.97. The summed E-state index contributed by atoms with van der Waals surface area (Å²) in [4.78, 5) is 28.4. The summed E-state index contributed by atoms with van der Waals surface area (Å²) in [6, 6.07) is 4.00. The molecule has 6 atom stereocenters. The van der Waals surface area contributed by atoms with Gasteiger partial charge in [-0.05, 0) is 80.6 Å². The molecule has 0 spiro atoms. The number of carbonyl (C=O) groups is 2. The predicted octanol–water partition coefficient (Wildman–Crippen LogP) is 3.88. The van der Waals surface area contributed by atoms with Gasteiger partial charge in [0.25, 0.3) is 0 Å². The van der Waals surface area contributed by atoms with Crippen molar-refractivity contribution in [3.05, 3.63) is 52.6 Å². The number of aromatic nitrogens is 1. The molecular weight excluding hydrogens is 766 g/mol. The van der Waals surface area contributed by atoms with Crippen molar-refractivity contribution in [1.82, 2.24) is 5.32 Å². The first-order chi connectivity index (χ1) is 19.1. The minimum atomic E-state index is -0.559. The second-order valence-electron chi connectivity index (χ2n) is 15.4. The average Bonchev–Trinajstić information content (AvgIpc) is 3.41. The molecule has 2 heterocycles. The summed E-state index contributed by atoms with van der Waals surface area (Å²) < 4.78 is 14.8. The molecule has 0 aromatic carbocycles. The zero-order valence-corrected chi connectivity index (χ0v) is 31.8. The van der Waals surface area contributed by atoms with Crippen molar-refractivity contribution in [2.24, 2.45) is 40.5 Å². The molecule has 6 nitrogen and oxygen atoms in total. The molecule has 4 fully saturated rings. The first-order valence-electron chi connectivity index (χ1n) is 15.7. The van der Waals surface area contributed by atoms with Gasteiger partial charge in [0.1, 0.15) is 19.3 Å². The Morgan fingerprint density at radius 2 is 1.19 bits per heavy atom. The minimum absolute atomic E-state index is 0. The third-order valence-corrected chi connectivity index (χ3v) is 13.5. The number of nitrogens with one attached hydrogen (secondary N) is 1. The SMILES string of the molecule is CC1=C(C(=O)OC2CC3CCC2(C)C3(C)C)C(c2cc[n+](C)cc2)C(C(=O)OC2CC3CCC2(C)C3(C)C)=C(C)N1.I.[I-]. The highest BCUT2D eigenvalue weighted by Gasteiger charge is 2.64. The molecule has 0 amide bonds. The lowest BCUT2D eigenvalue weighted by atomic mass is 9.70. The molecule has 0 radical (unpaired) electrons. The number of hydrogen-bond donors (Lipinski definition) is 1. The third kappa shape index (κ3) is 5.01. The largest absolute Gasteiger partial charge is 1.00 e. The molecule has 43 heavy (non-hydrogen) atoms. The summed E-state index contributed by atoms with van der Waals surface area (Å²) in [5.41, 5.74) is 3.58. The van der Waals surface area contributed by atoms with Gasteiger partial charge in [-0.1, -0.05) is 41.5 Å². The van der Waals surface area contributed by atoms with Gasteiger partial charge in [-0.15, -0.1) is 24.0 Å². The Morgan fingerprint density at radius 1 is 0.791 bits per heavy atom. The van der Waals surface area contributed by atoms with Gasteiger partial charge in [0.2, 0.25) is 0 Å². The second kappa shape index (κ2) is 11.6. The Bertz CT molecular complexity index is 1290. The molecule has 1 aromatic rings. The van der Waals surface area contributed by atoms with E-state index in [9.17, 15) is 9.59 Å². The maximum absolute atomic E-state index is 14.2. The number of rotatable bonds is 5. The molecule has 1 N–H and O–H groups in total. The topological polar surface area (TPSA) is 68.5 Å². The van der Waals surface area contributed by atoms with Crippen LogP contribution in [-0.4, -0.2) is 24.1 Å². The third-order valence-electron chi connectivity index (χ3n) is 13.5. The van der Waals surface area contributed by atoms with E-state index in [4.69, 9.17) is 9.47 Å². The summed E-state index contributed by atoms with van der Waals surface area (Å²) in [6.45, 7) is 17.7. The van der Waals surface area contributed by atoms with Crippen molar-refractivity contribution in [3.8, 4) is 0 Å². The number of dihydropyridines is 1. The van der Waals surface area contributed by atoms with Crippen LogP contribution in [0.5, 0.6) is 0 Å². The van der Waals surface area contributed by atoms with Crippen LogP contribution in [0.3, 0.4) is 0 Å². The molecule has 0 saturated heterocycles. The summed E-state index contributed by atoms with van der Waals surface area (Å²) in [5, 5.41) is 3.37. The van der Waals surface area contributed by atoms with E-state index in [1.54, 1.807) is 0 Å². The van der Waals surface area contributed by atoms with E-state index in [0.29, 0.717) is 23.0 Å². The Hall–Kier alpha value is -1.17. The number of nitrogens with zero attached hydrogens (tertiary/aromatic N) is 1. The fourth-order valence-corrected chi connectivity index (χ4v) is 9.58. The molecule has 5 aliphatic rings. The lowest BCUT2D eigenvalue weighted by Crippen LogP contribution is -3.00. The zero-order chi connectivity index (χ0) is 29.7. The van der Waals surface area contributed by atoms with Gasteiger partial charge in [-0.25, -0.2) is 14.2 Å². The fraction of sp³-hybridized carbons (Fsp3) is 0.686. The van der Waals surface area contributed by atoms with Crippen molar-refractivity contribution < 1.29 is 47.6 Å². The van der Waals surface area contributed by atoms with Gasteiger partial charge in [0.05, 0.1) is 17.1 Å². The first kappa shape index (κ1) is 34.7. The van der Waals surface area contributed by atoms with Crippen molar-refractivity contribution >= 4 is 35.9 Å². The molecular formula is C35H50I2N2O4. The van der Waals surface area contributed by atoms with Crippen molar-refractivity contribution in [2.45, 2.75) is 112 Å². The molecule has 6 unspecified atom stereocenters. The standard InChI is InChI=1S/C35H48N2O4.2HI/c1-20-27(30(38)40-25-18-23-10-14-34(25,7)32(23,3)4)29(22-12-16-37(9)17-13-22)28(21(2)36-20)31(39)41-26-19-24-11-15-35(26,8)33(24,5)6;;/h12-13,16-17,23-26,29H,10-11,14-15,18-19H2,1-9H3;2*1H. The van der Waals surface area contributed by atoms with Crippen LogP contribution >= 0.6 is 24.0 Å². The van der Waals surface area contributed by atoms with E-state index < -0.39 is 5.92 Å². The van der Waals surface area contributed by atoms with Crippen LogP contribution in [0.4, 0.5) is 0 Å². The Balaban J connectivity index is 0.00000212. The molecule has 6 rings (SSSR count). The highest BCUT2D eigenvalue weighted by atomic mass is 127. The van der Waals surface area contributed by atoms with Crippen molar-refractivity contribution in [3.63, 3.8) is 0 Å². The zero-order valence-electron chi connectivity index (χ0n) is 27.3. The molecule has 1 aromatic heterocycles. The molecule has 8 heteroatoms. The summed E-state index contributed by atoms with van der Waals surface area (Å²) in [5.74, 6) is -0.0804. The van der Waals surface area contributed by atoms with E-state index in [-0.39, 0.29) is 93.8 Å². The predicted molar refractivity (Wildman–Crippen MR) is 173 cm³/mol. The maximum atomic E-state index is 14.2. The van der Waals surface area contributed by atoms with Gasteiger partial charge < -0.3 is 38.8 Å². The Morgan fingerprint density at radius 3 is 1.51 bits per heavy atom. The van der Waals surface area contributed by atoms with E-state index in [2.05, 4.69) is 46.9 Å². The number of ether oxygens (including phenoxy) is 2. The molecule has 4 aliphatic carbocycles. The van der Waals surface area contributed by atoms with E-state index in [1.165, 1.54) is 12.8 Å². The quantitative estimate of drug-likeness (QED) is 0.278. The van der Waals surface area contributed by atoms with Crippen molar-refractivity contribution in [2.75, 3.05) is 0 Å². The monoisotopic (exact) mass is 816 g/mol. The van der Waals surface area contributed by atoms with E-state index >= 15 is 0 Å². The van der Waals surface area contributed by atoms with Crippen molar-refractivity contribution in [1.29, 1.82) is 0 Å². The van der Waals surface area contributed by atoms with Crippen LogP contribution in [0.15, 0.2) is 47.1 Å².